The van der Waals surface area contributed by atoms with Crippen molar-refractivity contribution in [2.75, 3.05) is 33.2 Å². The predicted octanol–water partition coefficient (Wildman–Crippen LogP) is 0.906. The molecule has 0 saturated carbocycles. The third kappa shape index (κ3) is 3.91. The summed E-state index contributed by atoms with van der Waals surface area (Å²) in [6, 6.07) is -0.0114. The van der Waals surface area contributed by atoms with Crippen molar-refractivity contribution in [1.82, 2.24) is 15.1 Å². The van der Waals surface area contributed by atoms with E-state index in [4.69, 9.17) is 0 Å². The molecule has 1 saturated heterocycles. The molecule has 0 aliphatic carbocycles. The number of carbonyl (C=O) groups is 2. The summed E-state index contributed by atoms with van der Waals surface area (Å²) in [5.41, 5.74) is 0. The molecular formula is C12H23N3O2. The molecule has 5 heteroatoms. The zero-order valence-corrected chi connectivity index (χ0v) is 11.0. The van der Waals surface area contributed by atoms with E-state index in [-0.39, 0.29) is 18.5 Å². The number of hydrogen-bond donors (Lipinski definition) is 1. The first-order valence-corrected chi connectivity index (χ1v) is 6.32. The van der Waals surface area contributed by atoms with Gasteiger partial charge in [-0.25, -0.2) is 4.79 Å². The van der Waals surface area contributed by atoms with Crippen molar-refractivity contribution in [2.24, 2.45) is 5.92 Å². The maximum Gasteiger partial charge on any atom is 0.320 e. The lowest BCUT2D eigenvalue weighted by molar-refractivity contribution is -0.121. The molecule has 98 valence electrons. The van der Waals surface area contributed by atoms with Crippen LogP contribution in [0.2, 0.25) is 0 Å². The number of likely N-dealkylation sites (N-methyl/N-ethyl adjacent to an activating group) is 2. The van der Waals surface area contributed by atoms with Gasteiger partial charge in [0.25, 0.3) is 0 Å². The Morgan fingerprint density at radius 2 is 2.18 bits per heavy atom. The van der Waals surface area contributed by atoms with E-state index in [1.807, 2.05) is 11.8 Å². The Labute approximate surface area is 103 Å². The van der Waals surface area contributed by atoms with E-state index in [2.05, 4.69) is 12.2 Å². The van der Waals surface area contributed by atoms with Crippen LogP contribution < -0.4 is 5.32 Å². The smallest absolute Gasteiger partial charge is 0.320 e. The molecule has 1 atom stereocenters. The van der Waals surface area contributed by atoms with Crippen molar-refractivity contribution in [2.45, 2.75) is 26.7 Å². The minimum Gasteiger partial charge on any atom is -0.358 e. The van der Waals surface area contributed by atoms with Crippen LogP contribution in [0.3, 0.4) is 0 Å². The standard InChI is InChI=1S/C12H23N3O2/c1-4-14(9-11(16)13-3)12(17)15-7-5-6-10(2)8-15/h10H,4-9H2,1-3H3,(H,13,16). The van der Waals surface area contributed by atoms with Gasteiger partial charge in [0, 0.05) is 26.7 Å². The molecule has 0 aromatic rings. The lowest BCUT2D eigenvalue weighted by atomic mass is 10.0. The first-order valence-electron chi connectivity index (χ1n) is 6.32. The van der Waals surface area contributed by atoms with E-state index in [0.29, 0.717) is 12.5 Å². The highest BCUT2D eigenvalue weighted by Gasteiger charge is 2.25. The average Bonchev–Trinajstić information content (AvgIpc) is 2.34. The molecule has 1 fully saturated rings. The number of rotatable bonds is 3. The van der Waals surface area contributed by atoms with Crippen LogP contribution in [0.1, 0.15) is 26.7 Å². The SMILES string of the molecule is CCN(CC(=O)NC)C(=O)N1CCCC(C)C1. The number of likely N-dealkylation sites (tertiary alicyclic amines) is 1. The number of piperidine rings is 1. The number of nitrogens with one attached hydrogen (secondary N) is 1. The lowest BCUT2D eigenvalue weighted by Crippen LogP contribution is -2.49. The minimum atomic E-state index is -0.120. The molecule has 0 spiro atoms. The Morgan fingerprint density at radius 1 is 1.47 bits per heavy atom. The molecule has 1 N–H and O–H groups in total. The van der Waals surface area contributed by atoms with Gasteiger partial charge in [0.1, 0.15) is 6.54 Å². The molecule has 1 heterocycles. The number of nitrogens with zero attached hydrogens (tertiary/aromatic N) is 2. The van der Waals surface area contributed by atoms with Crippen LogP contribution in [0.25, 0.3) is 0 Å². The largest absolute Gasteiger partial charge is 0.358 e. The molecule has 17 heavy (non-hydrogen) atoms. The van der Waals surface area contributed by atoms with E-state index < -0.39 is 0 Å². The van der Waals surface area contributed by atoms with Crippen LogP contribution in [-0.2, 0) is 4.79 Å². The molecule has 5 nitrogen and oxygen atoms in total. The van der Waals surface area contributed by atoms with E-state index in [9.17, 15) is 9.59 Å². The summed E-state index contributed by atoms with van der Waals surface area (Å²) in [5.74, 6) is 0.441. The van der Waals surface area contributed by atoms with Crippen LogP contribution in [0.15, 0.2) is 0 Å². The monoisotopic (exact) mass is 241 g/mol. The van der Waals surface area contributed by atoms with Gasteiger partial charge in [-0.3, -0.25) is 4.79 Å². The topological polar surface area (TPSA) is 52.7 Å². The number of amides is 3. The summed E-state index contributed by atoms with van der Waals surface area (Å²) in [5, 5.41) is 2.54. The Bertz CT molecular complexity index is 281. The fourth-order valence-corrected chi connectivity index (χ4v) is 2.13. The average molecular weight is 241 g/mol. The fraction of sp³-hybridized carbons (Fsp3) is 0.833. The van der Waals surface area contributed by atoms with Gasteiger partial charge < -0.3 is 15.1 Å². The third-order valence-corrected chi connectivity index (χ3v) is 3.19. The first-order chi connectivity index (χ1) is 8.08. The van der Waals surface area contributed by atoms with Gasteiger partial charge in [-0.05, 0) is 25.7 Å². The first kappa shape index (κ1) is 13.8. The van der Waals surface area contributed by atoms with Gasteiger partial charge in [-0.15, -0.1) is 0 Å². The highest BCUT2D eigenvalue weighted by molar-refractivity contribution is 5.83. The molecule has 0 aromatic carbocycles. The third-order valence-electron chi connectivity index (χ3n) is 3.19. The quantitative estimate of drug-likeness (QED) is 0.798. The molecule has 1 unspecified atom stereocenters. The van der Waals surface area contributed by atoms with Gasteiger partial charge in [-0.1, -0.05) is 6.92 Å². The second kappa shape index (κ2) is 6.47. The molecule has 0 bridgehead atoms. The van der Waals surface area contributed by atoms with Crippen molar-refractivity contribution >= 4 is 11.9 Å². The van der Waals surface area contributed by atoms with E-state index >= 15 is 0 Å². The van der Waals surface area contributed by atoms with E-state index in [1.54, 1.807) is 11.9 Å². The highest BCUT2D eigenvalue weighted by atomic mass is 16.2. The van der Waals surface area contributed by atoms with Crippen molar-refractivity contribution in [3.63, 3.8) is 0 Å². The van der Waals surface area contributed by atoms with Gasteiger partial charge in [0.15, 0.2) is 0 Å². The normalized spacial score (nSPS) is 19.9. The summed E-state index contributed by atoms with van der Waals surface area (Å²) in [4.78, 5) is 27.0. The molecule has 3 amide bonds. The van der Waals surface area contributed by atoms with Gasteiger partial charge in [0.2, 0.25) is 5.91 Å². The van der Waals surface area contributed by atoms with Crippen LogP contribution in [0.4, 0.5) is 4.79 Å². The van der Waals surface area contributed by atoms with Crippen molar-refractivity contribution in [3.05, 3.63) is 0 Å². The Kier molecular flexibility index (Phi) is 5.25. The van der Waals surface area contributed by atoms with E-state index in [1.165, 1.54) is 6.42 Å². The number of urea groups is 1. The molecule has 0 radical (unpaired) electrons. The Hall–Kier alpha value is -1.26. The van der Waals surface area contributed by atoms with E-state index in [0.717, 1.165) is 19.5 Å². The maximum atomic E-state index is 12.2. The number of carbonyl (C=O) groups excluding carboxylic acids is 2. The minimum absolute atomic E-state index is 0.0114. The Morgan fingerprint density at radius 3 is 2.71 bits per heavy atom. The molecule has 0 aromatic heterocycles. The van der Waals surface area contributed by atoms with Crippen LogP contribution in [-0.4, -0.2) is 55.0 Å². The van der Waals surface area contributed by atoms with Crippen LogP contribution in [0.5, 0.6) is 0 Å². The zero-order chi connectivity index (χ0) is 12.8. The predicted molar refractivity (Wildman–Crippen MR) is 66.7 cm³/mol. The summed E-state index contributed by atoms with van der Waals surface area (Å²) in [6.45, 7) is 6.40. The van der Waals surface area contributed by atoms with Crippen molar-refractivity contribution < 1.29 is 9.59 Å². The summed E-state index contributed by atoms with van der Waals surface area (Å²) in [6.07, 6.45) is 2.25. The van der Waals surface area contributed by atoms with Crippen LogP contribution in [0, 0.1) is 5.92 Å². The maximum absolute atomic E-state index is 12.2. The molecule has 1 aliphatic heterocycles. The summed E-state index contributed by atoms with van der Waals surface area (Å²) < 4.78 is 0. The van der Waals surface area contributed by atoms with Crippen molar-refractivity contribution in [1.29, 1.82) is 0 Å². The molecular weight excluding hydrogens is 218 g/mol. The Balaban J connectivity index is 2.55. The molecule has 1 aliphatic rings. The lowest BCUT2D eigenvalue weighted by Gasteiger charge is -2.34. The molecule has 1 rings (SSSR count). The van der Waals surface area contributed by atoms with Gasteiger partial charge in [0.05, 0.1) is 0 Å². The van der Waals surface area contributed by atoms with Gasteiger partial charge >= 0.3 is 6.03 Å². The van der Waals surface area contributed by atoms with Crippen LogP contribution >= 0.6 is 0 Å². The fourth-order valence-electron chi connectivity index (χ4n) is 2.13. The summed E-state index contributed by atoms with van der Waals surface area (Å²) >= 11 is 0. The summed E-state index contributed by atoms with van der Waals surface area (Å²) in [7, 11) is 1.59. The second-order valence-corrected chi connectivity index (χ2v) is 4.66. The second-order valence-electron chi connectivity index (χ2n) is 4.66. The van der Waals surface area contributed by atoms with Gasteiger partial charge in [-0.2, -0.15) is 0 Å². The number of hydrogen-bond acceptors (Lipinski definition) is 2. The zero-order valence-electron chi connectivity index (χ0n) is 11.0. The highest BCUT2D eigenvalue weighted by Crippen LogP contribution is 2.16. The van der Waals surface area contributed by atoms with Crippen molar-refractivity contribution in [3.8, 4) is 0 Å².